The fourth-order valence-electron chi connectivity index (χ4n) is 3.29. The number of hydrogen-bond acceptors (Lipinski definition) is 5. The molecule has 0 aliphatic carbocycles. The molecule has 1 aromatic carbocycles. The molecule has 7 nitrogen and oxygen atoms in total. The highest BCUT2D eigenvalue weighted by atomic mass is 32.2. The Morgan fingerprint density at radius 2 is 2.12 bits per heavy atom. The molecular formula is C17H19N5O2S. The van der Waals surface area contributed by atoms with Gasteiger partial charge in [0.05, 0.1) is 11.6 Å². The molecule has 1 unspecified atom stereocenters. The first-order valence-electron chi connectivity index (χ1n) is 8.23. The fraction of sp³-hybridized carbons (Fsp3) is 0.353. The van der Waals surface area contributed by atoms with E-state index in [0.29, 0.717) is 23.6 Å². The molecule has 0 spiro atoms. The first-order valence-corrected chi connectivity index (χ1v) is 9.71. The zero-order chi connectivity index (χ0) is 17.6. The van der Waals surface area contributed by atoms with E-state index in [1.165, 1.54) is 0 Å². The van der Waals surface area contributed by atoms with Crippen molar-refractivity contribution in [2.24, 2.45) is 0 Å². The summed E-state index contributed by atoms with van der Waals surface area (Å²) in [5.74, 6) is 1.33. The Morgan fingerprint density at radius 3 is 2.96 bits per heavy atom. The molecule has 0 amide bonds. The Kier molecular flexibility index (Phi) is 3.81. The Morgan fingerprint density at radius 1 is 1.28 bits per heavy atom. The molecule has 2 aromatic heterocycles. The lowest BCUT2D eigenvalue weighted by atomic mass is 10.1. The number of aryl methyl sites for hydroxylation is 3. The Hall–Kier alpha value is -2.32. The molecule has 1 atom stereocenters. The lowest BCUT2D eigenvalue weighted by Gasteiger charge is -2.23. The van der Waals surface area contributed by atoms with Gasteiger partial charge in [-0.25, -0.2) is 22.8 Å². The standard InChI is InChI=1S/C17H19N5O2S/c1-11-9-13-5-3-7-15(16(13)18-10-11)25(23,24)21-14-6-4-8-22-17(14)19-12(2)20-22/h3,5,7,9-10,14,21H,4,6,8H2,1-2H3. The molecule has 0 bridgehead atoms. The van der Waals surface area contributed by atoms with Crippen LogP contribution >= 0.6 is 0 Å². The smallest absolute Gasteiger partial charge is 0.243 e. The Labute approximate surface area is 146 Å². The number of para-hydroxylation sites is 1. The third kappa shape index (κ3) is 2.91. The molecule has 4 rings (SSSR count). The molecule has 8 heteroatoms. The maximum Gasteiger partial charge on any atom is 0.243 e. The summed E-state index contributed by atoms with van der Waals surface area (Å²) < 4.78 is 30.6. The van der Waals surface area contributed by atoms with E-state index in [1.807, 2.05) is 26.0 Å². The quantitative estimate of drug-likeness (QED) is 0.776. The van der Waals surface area contributed by atoms with Crippen molar-refractivity contribution < 1.29 is 8.42 Å². The summed E-state index contributed by atoms with van der Waals surface area (Å²) in [5, 5.41) is 5.13. The van der Waals surface area contributed by atoms with E-state index in [1.54, 1.807) is 23.0 Å². The van der Waals surface area contributed by atoms with Gasteiger partial charge in [-0.05, 0) is 44.4 Å². The highest BCUT2D eigenvalue weighted by Crippen LogP contribution is 2.27. The van der Waals surface area contributed by atoms with E-state index in [0.717, 1.165) is 23.9 Å². The number of nitrogens with one attached hydrogen (secondary N) is 1. The van der Waals surface area contributed by atoms with Crippen LogP contribution in [-0.2, 0) is 16.6 Å². The van der Waals surface area contributed by atoms with Gasteiger partial charge < -0.3 is 0 Å². The predicted molar refractivity (Wildman–Crippen MR) is 93.5 cm³/mol. The molecule has 25 heavy (non-hydrogen) atoms. The number of sulfonamides is 1. The van der Waals surface area contributed by atoms with E-state index in [4.69, 9.17) is 0 Å². The minimum Gasteiger partial charge on any atom is -0.255 e. The first kappa shape index (κ1) is 16.2. The van der Waals surface area contributed by atoms with Gasteiger partial charge in [-0.2, -0.15) is 5.10 Å². The van der Waals surface area contributed by atoms with Gasteiger partial charge in [-0.15, -0.1) is 0 Å². The van der Waals surface area contributed by atoms with Crippen molar-refractivity contribution in [2.75, 3.05) is 0 Å². The van der Waals surface area contributed by atoms with Gasteiger partial charge in [0, 0.05) is 18.1 Å². The van der Waals surface area contributed by atoms with Crippen LogP contribution in [0.4, 0.5) is 0 Å². The van der Waals surface area contributed by atoms with Crippen LogP contribution in [-0.4, -0.2) is 28.2 Å². The van der Waals surface area contributed by atoms with Gasteiger partial charge in [0.1, 0.15) is 16.5 Å². The topological polar surface area (TPSA) is 89.8 Å². The highest BCUT2D eigenvalue weighted by Gasteiger charge is 2.29. The number of rotatable bonds is 3. The summed E-state index contributed by atoms with van der Waals surface area (Å²) in [4.78, 5) is 8.92. The van der Waals surface area contributed by atoms with E-state index in [-0.39, 0.29) is 10.9 Å². The van der Waals surface area contributed by atoms with Crippen molar-refractivity contribution >= 4 is 20.9 Å². The number of fused-ring (bicyclic) bond motifs is 2. The van der Waals surface area contributed by atoms with Crippen LogP contribution in [0.2, 0.25) is 0 Å². The van der Waals surface area contributed by atoms with Crippen molar-refractivity contribution in [3.05, 3.63) is 47.7 Å². The summed E-state index contributed by atoms with van der Waals surface area (Å²) >= 11 is 0. The van der Waals surface area contributed by atoms with E-state index < -0.39 is 10.0 Å². The van der Waals surface area contributed by atoms with Gasteiger partial charge in [-0.1, -0.05) is 12.1 Å². The summed E-state index contributed by atoms with van der Waals surface area (Å²) in [6.07, 6.45) is 3.24. The van der Waals surface area contributed by atoms with Crippen LogP contribution in [0.3, 0.4) is 0 Å². The number of pyridine rings is 1. The molecule has 0 saturated carbocycles. The maximum absolute atomic E-state index is 13.0. The maximum atomic E-state index is 13.0. The van der Waals surface area contributed by atoms with Crippen molar-refractivity contribution in [1.29, 1.82) is 0 Å². The number of nitrogens with zero attached hydrogens (tertiary/aromatic N) is 4. The van der Waals surface area contributed by atoms with Gasteiger partial charge in [0.25, 0.3) is 0 Å². The average molecular weight is 357 g/mol. The van der Waals surface area contributed by atoms with Crippen molar-refractivity contribution in [2.45, 2.75) is 44.2 Å². The van der Waals surface area contributed by atoms with Crippen LogP contribution < -0.4 is 4.72 Å². The number of hydrogen-bond donors (Lipinski definition) is 1. The molecule has 1 N–H and O–H groups in total. The first-order chi connectivity index (χ1) is 11.9. The molecule has 130 valence electrons. The van der Waals surface area contributed by atoms with Crippen LogP contribution in [0.25, 0.3) is 10.9 Å². The SMILES string of the molecule is Cc1cnc2c(S(=O)(=O)NC3CCCn4nc(C)nc43)cccc2c1. The average Bonchev–Trinajstić information content (AvgIpc) is 2.95. The zero-order valence-electron chi connectivity index (χ0n) is 14.1. The van der Waals surface area contributed by atoms with Crippen molar-refractivity contribution in [3.8, 4) is 0 Å². The largest absolute Gasteiger partial charge is 0.255 e. The minimum atomic E-state index is -3.73. The van der Waals surface area contributed by atoms with E-state index in [2.05, 4.69) is 19.8 Å². The zero-order valence-corrected chi connectivity index (χ0v) is 14.9. The molecular weight excluding hydrogens is 338 g/mol. The van der Waals surface area contributed by atoms with Crippen LogP contribution in [0.5, 0.6) is 0 Å². The monoisotopic (exact) mass is 357 g/mol. The lowest BCUT2D eigenvalue weighted by molar-refractivity contribution is 0.400. The van der Waals surface area contributed by atoms with Gasteiger partial charge in [-0.3, -0.25) is 4.98 Å². The normalized spacial score (nSPS) is 17.6. The van der Waals surface area contributed by atoms with Gasteiger partial charge in [0.2, 0.25) is 10.0 Å². The highest BCUT2D eigenvalue weighted by molar-refractivity contribution is 7.89. The van der Waals surface area contributed by atoms with Crippen LogP contribution in [0, 0.1) is 13.8 Å². The van der Waals surface area contributed by atoms with Gasteiger partial charge in [0.15, 0.2) is 0 Å². The second-order valence-electron chi connectivity index (χ2n) is 6.40. The van der Waals surface area contributed by atoms with E-state index >= 15 is 0 Å². The van der Waals surface area contributed by atoms with Crippen LogP contribution in [0.15, 0.2) is 35.4 Å². The summed E-state index contributed by atoms with van der Waals surface area (Å²) in [6.45, 7) is 4.51. The van der Waals surface area contributed by atoms with E-state index in [9.17, 15) is 8.42 Å². The fourth-order valence-corrected chi connectivity index (χ4v) is 4.70. The molecule has 3 heterocycles. The van der Waals surface area contributed by atoms with Crippen LogP contribution in [0.1, 0.15) is 36.1 Å². The molecule has 3 aromatic rings. The molecule has 1 aliphatic heterocycles. The number of benzene rings is 1. The molecule has 0 radical (unpaired) electrons. The second kappa shape index (κ2) is 5.89. The number of aromatic nitrogens is 4. The summed E-state index contributed by atoms with van der Waals surface area (Å²) in [6, 6.07) is 6.76. The third-order valence-corrected chi connectivity index (χ3v) is 5.88. The summed E-state index contributed by atoms with van der Waals surface area (Å²) in [7, 11) is -3.73. The Bertz CT molecular complexity index is 1060. The molecule has 1 aliphatic rings. The van der Waals surface area contributed by atoms with Crippen molar-refractivity contribution in [1.82, 2.24) is 24.5 Å². The lowest BCUT2D eigenvalue weighted by Crippen LogP contribution is -2.33. The summed E-state index contributed by atoms with van der Waals surface area (Å²) in [5.41, 5.74) is 1.47. The third-order valence-electron chi connectivity index (χ3n) is 4.38. The molecule has 0 saturated heterocycles. The predicted octanol–water partition coefficient (Wildman–Crippen LogP) is 2.26. The second-order valence-corrected chi connectivity index (χ2v) is 8.08. The van der Waals surface area contributed by atoms with Gasteiger partial charge >= 0.3 is 0 Å². The van der Waals surface area contributed by atoms with Crippen molar-refractivity contribution in [3.63, 3.8) is 0 Å². The Balaban J connectivity index is 1.74. The molecule has 0 fully saturated rings. The minimum absolute atomic E-state index is 0.193.